The van der Waals surface area contributed by atoms with E-state index in [4.69, 9.17) is 11.0 Å². The summed E-state index contributed by atoms with van der Waals surface area (Å²) in [6.45, 7) is 2.85. The number of hydrogen-bond acceptors (Lipinski definition) is 4. The molecule has 0 aliphatic heterocycles. The van der Waals surface area contributed by atoms with Crippen LogP contribution in [0.25, 0.3) is 0 Å². The van der Waals surface area contributed by atoms with Crippen LogP contribution in [0.3, 0.4) is 0 Å². The second-order valence-electron chi connectivity index (χ2n) is 3.51. The number of carbonyl (C=O) groups is 1. The molecule has 5 heteroatoms. The van der Waals surface area contributed by atoms with E-state index in [9.17, 15) is 4.79 Å². The Morgan fingerprint density at radius 2 is 2.24 bits per heavy atom. The first-order chi connectivity index (χ1) is 8.19. The van der Waals surface area contributed by atoms with Crippen molar-refractivity contribution in [1.82, 2.24) is 5.32 Å². The van der Waals surface area contributed by atoms with Gasteiger partial charge in [0.2, 0.25) is 5.91 Å². The van der Waals surface area contributed by atoms with Crippen molar-refractivity contribution in [3.8, 4) is 6.07 Å². The second kappa shape index (κ2) is 6.38. The van der Waals surface area contributed by atoms with Gasteiger partial charge in [-0.3, -0.25) is 4.79 Å². The zero-order valence-electron chi connectivity index (χ0n) is 9.81. The third kappa shape index (κ3) is 3.68. The van der Waals surface area contributed by atoms with Gasteiger partial charge in [-0.05, 0) is 19.1 Å². The molecule has 1 rings (SSSR count). The molecule has 1 amide bonds. The van der Waals surface area contributed by atoms with Crippen molar-refractivity contribution in [3.05, 3.63) is 24.3 Å². The Labute approximate surface area is 101 Å². The molecule has 0 bridgehead atoms. The first-order valence-electron chi connectivity index (χ1n) is 5.42. The number of rotatable bonds is 5. The molecule has 0 fully saturated rings. The van der Waals surface area contributed by atoms with E-state index < -0.39 is 0 Å². The number of hydrogen-bond donors (Lipinski definition) is 2. The zero-order valence-corrected chi connectivity index (χ0v) is 9.81. The highest BCUT2D eigenvalue weighted by Gasteiger charge is 2.11. The van der Waals surface area contributed by atoms with E-state index in [1.165, 1.54) is 0 Å². The van der Waals surface area contributed by atoms with Crippen LogP contribution in [0.1, 0.15) is 6.92 Å². The number of nitrogens with zero attached hydrogens (tertiary/aromatic N) is 2. The first kappa shape index (κ1) is 12.8. The minimum Gasteiger partial charge on any atom is -0.397 e. The molecule has 0 radical (unpaired) electrons. The molecule has 0 aromatic heterocycles. The maximum atomic E-state index is 11.5. The Morgan fingerprint density at radius 1 is 1.53 bits per heavy atom. The SMILES string of the molecule is CCN(CC(=O)NCC#N)c1ccccc1N. The molecule has 0 aliphatic rings. The molecule has 0 atom stereocenters. The Morgan fingerprint density at radius 3 is 2.82 bits per heavy atom. The van der Waals surface area contributed by atoms with Crippen molar-refractivity contribution in [1.29, 1.82) is 5.26 Å². The largest absolute Gasteiger partial charge is 0.397 e. The predicted octanol–water partition coefficient (Wildman–Crippen LogP) is 0.735. The fourth-order valence-corrected chi connectivity index (χ4v) is 1.51. The minimum absolute atomic E-state index is 0.0284. The Hall–Kier alpha value is -2.22. The summed E-state index contributed by atoms with van der Waals surface area (Å²) in [7, 11) is 0. The maximum Gasteiger partial charge on any atom is 0.240 e. The summed E-state index contributed by atoms with van der Waals surface area (Å²) < 4.78 is 0. The van der Waals surface area contributed by atoms with Crippen LogP contribution < -0.4 is 16.0 Å². The summed E-state index contributed by atoms with van der Waals surface area (Å²) in [5.41, 5.74) is 7.32. The Balaban J connectivity index is 2.70. The quantitative estimate of drug-likeness (QED) is 0.579. The van der Waals surface area contributed by atoms with Crippen molar-refractivity contribution in [2.75, 3.05) is 30.3 Å². The van der Waals surface area contributed by atoms with Crippen LogP contribution >= 0.6 is 0 Å². The molecule has 90 valence electrons. The van der Waals surface area contributed by atoms with Crippen molar-refractivity contribution in [2.45, 2.75) is 6.92 Å². The van der Waals surface area contributed by atoms with Crippen LogP contribution in [0.4, 0.5) is 11.4 Å². The molecule has 0 aliphatic carbocycles. The summed E-state index contributed by atoms with van der Waals surface area (Å²) in [5.74, 6) is -0.184. The molecule has 0 unspecified atom stereocenters. The molecule has 1 aromatic rings. The fourth-order valence-electron chi connectivity index (χ4n) is 1.51. The number of para-hydroxylation sites is 2. The zero-order chi connectivity index (χ0) is 12.7. The van der Waals surface area contributed by atoms with Gasteiger partial charge in [-0.2, -0.15) is 5.26 Å². The minimum atomic E-state index is -0.184. The highest BCUT2D eigenvalue weighted by atomic mass is 16.2. The lowest BCUT2D eigenvalue weighted by molar-refractivity contribution is -0.119. The van der Waals surface area contributed by atoms with E-state index in [0.29, 0.717) is 12.2 Å². The predicted molar refractivity (Wildman–Crippen MR) is 67.4 cm³/mol. The highest BCUT2D eigenvalue weighted by Crippen LogP contribution is 2.21. The van der Waals surface area contributed by atoms with E-state index in [2.05, 4.69) is 5.32 Å². The smallest absolute Gasteiger partial charge is 0.240 e. The lowest BCUT2D eigenvalue weighted by Crippen LogP contribution is -2.37. The van der Waals surface area contributed by atoms with E-state index in [1.807, 2.05) is 36.1 Å². The van der Waals surface area contributed by atoms with Gasteiger partial charge < -0.3 is 16.0 Å². The Bertz CT molecular complexity index is 425. The number of likely N-dealkylation sites (N-methyl/N-ethyl adjacent to an activating group) is 1. The molecular weight excluding hydrogens is 216 g/mol. The van der Waals surface area contributed by atoms with Gasteiger partial charge in [-0.1, -0.05) is 12.1 Å². The van der Waals surface area contributed by atoms with Gasteiger partial charge in [-0.15, -0.1) is 0 Å². The molecule has 0 heterocycles. The van der Waals surface area contributed by atoms with Crippen molar-refractivity contribution in [3.63, 3.8) is 0 Å². The summed E-state index contributed by atoms with van der Waals surface area (Å²) in [4.78, 5) is 13.4. The number of nitriles is 1. The van der Waals surface area contributed by atoms with E-state index in [-0.39, 0.29) is 19.0 Å². The average molecular weight is 232 g/mol. The summed E-state index contributed by atoms with van der Waals surface area (Å²) in [6, 6.07) is 9.26. The topological polar surface area (TPSA) is 82.2 Å². The standard InChI is InChI=1S/C12H16N4O/c1-2-16(9-12(17)15-8-7-13)11-6-4-3-5-10(11)14/h3-6H,2,8-9,14H2,1H3,(H,15,17). The van der Waals surface area contributed by atoms with Crippen LogP contribution in [-0.4, -0.2) is 25.5 Å². The van der Waals surface area contributed by atoms with Gasteiger partial charge >= 0.3 is 0 Å². The third-order valence-electron chi connectivity index (χ3n) is 2.36. The van der Waals surface area contributed by atoms with Gasteiger partial charge in [0.05, 0.1) is 24.0 Å². The van der Waals surface area contributed by atoms with Gasteiger partial charge in [0, 0.05) is 6.54 Å². The second-order valence-corrected chi connectivity index (χ2v) is 3.51. The molecule has 1 aromatic carbocycles. The first-order valence-corrected chi connectivity index (χ1v) is 5.42. The average Bonchev–Trinajstić information content (AvgIpc) is 2.34. The fraction of sp³-hybridized carbons (Fsp3) is 0.333. The van der Waals surface area contributed by atoms with Gasteiger partial charge in [0.25, 0.3) is 0 Å². The lowest BCUT2D eigenvalue weighted by atomic mass is 10.2. The Kier molecular flexibility index (Phi) is 4.82. The molecule has 0 spiro atoms. The number of benzene rings is 1. The summed E-state index contributed by atoms with van der Waals surface area (Å²) in [6.07, 6.45) is 0. The molecule has 0 saturated carbocycles. The number of nitrogens with one attached hydrogen (secondary N) is 1. The lowest BCUT2D eigenvalue weighted by Gasteiger charge is -2.23. The van der Waals surface area contributed by atoms with Crippen molar-refractivity contribution in [2.24, 2.45) is 0 Å². The number of anilines is 2. The maximum absolute atomic E-state index is 11.5. The van der Waals surface area contributed by atoms with Gasteiger partial charge in [0.15, 0.2) is 0 Å². The molecule has 17 heavy (non-hydrogen) atoms. The number of nitrogen functional groups attached to an aromatic ring is 1. The van der Waals surface area contributed by atoms with Crippen molar-refractivity contribution < 1.29 is 4.79 Å². The summed E-state index contributed by atoms with van der Waals surface area (Å²) in [5, 5.41) is 10.9. The summed E-state index contributed by atoms with van der Waals surface area (Å²) >= 11 is 0. The number of amides is 1. The molecule has 5 nitrogen and oxygen atoms in total. The van der Waals surface area contributed by atoms with Crippen LogP contribution in [0.5, 0.6) is 0 Å². The van der Waals surface area contributed by atoms with Crippen LogP contribution in [0, 0.1) is 11.3 Å². The number of carbonyl (C=O) groups excluding carboxylic acids is 1. The van der Waals surface area contributed by atoms with Gasteiger partial charge in [0.1, 0.15) is 6.54 Å². The van der Waals surface area contributed by atoms with E-state index >= 15 is 0 Å². The molecule has 0 saturated heterocycles. The van der Waals surface area contributed by atoms with E-state index in [1.54, 1.807) is 6.07 Å². The molecular formula is C12H16N4O. The van der Waals surface area contributed by atoms with Gasteiger partial charge in [-0.25, -0.2) is 0 Å². The highest BCUT2D eigenvalue weighted by molar-refractivity contribution is 5.83. The van der Waals surface area contributed by atoms with Crippen molar-refractivity contribution >= 4 is 17.3 Å². The van der Waals surface area contributed by atoms with E-state index in [0.717, 1.165) is 5.69 Å². The number of nitrogens with two attached hydrogens (primary N) is 1. The van der Waals surface area contributed by atoms with Crippen LogP contribution in [-0.2, 0) is 4.79 Å². The monoisotopic (exact) mass is 232 g/mol. The third-order valence-corrected chi connectivity index (χ3v) is 2.36. The molecule has 3 N–H and O–H groups in total. The van der Waals surface area contributed by atoms with Crippen LogP contribution in [0.15, 0.2) is 24.3 Å². The van der Waals surface area contributed by atoms with Crippen LogP contribution in [0.2, 0.25) is 0 Å². The normalized spacial score (nSPS) is 9.41.